The third-order valence-electron chi connectivity index (χ3n) is 6.27. The predicted octanol–water partition coefficient (Wildman–Crippen LogP) is 4.17. The van der Waals surface area contributed by atoms with E-state index in [9.17, 15) is 38.7 Å². The van der Waals surface area contributed by atoms with Gasteiger partial charge < -0.3 is 43.8 Å². The number of rotatable bonds is 27. The first kappa shape index (κ1) is 57.6. The zero-order chi connectivity index (χ0) is 45.1. The zero-order valence-electron chi connectivity index (χ0n) is 33.7. The minimum Gasteiger partial charge on any atom is -0.500 e. The van der Waals surface area contributed by atoms with Gasteiger partial charge in [0.1, 0.15) is 25.9 Å². The summed E-state index contributed by atoms with van der Waals surface area (Å²) in [6.07, 6.45) is 13.6. The molecule has 0 saturated heterocycles. The summed E-state index contributed by atoms with van der Waals surface area (Å²) in [4.78, 5) is 79.3. The molecule has 0 aliphatic rings. The predicted molar refractivity (Wildman–Crippen MR) is 225 cm³/mol. The summed E-state index contributed by atoms with van der Waals surface area (Å²) in [5.41, 5.74) is 2.41. The number of benzene rings is 1. The van der Waals surface area contributed by atoms with E-state index in [0.29, 0.717) is 45.5 Å². The van der Waals surface area contributed by atoms with Crippen LogP contribution in [0.2, 0.25) is 0 Å². The van der Waals surface area contributed by atoms with Crippen molar-refractivity contribution in [1.82, 2.24) is 24.5 Å². The van der Waals surface area contributed by atoms with Crippen LogP contribution in [0.3, 0.4) is 0 Å². The first-order chi connectivity index (χ1) is 27.7. The molecule has 0 bridgehead atoms. The highest BCUT2D eigenvalue weighted by molar-refractivity contribution is 5.86. The number of hydrogen-bond acceptors (Lipinski definition) is 11. The van der Waals surface area contributed by atoms with Crippen LogP contribution in [-0.4, -0.2) is 126 Å². The van der Waals surface area contributed by atoms with Gasteiger partial charge in [0, 0.05) is 25.2 Å². The maximum atomic E-state index is 10.9. The van der Waals surface area contributed by atoms with E-state index in [1.807, 2.05) is 31.2 Å². The van der Waals surface area contributed by atoms with Gasteiger partial charge in [-0.2, -0.15) is 0 Å². The van der Waals surface area contributed by atoms with Crippen molar-refractivity contribution in [2.75, 3.05) is 45.9 Å². The molecule has 0 aliphatic carbocycles. The van der Waals surface area contributed by atoms with Crippen LogP contribution in [0.25, 0.3) is 6.08 Å². The number of amides is 5. The SMILES string of the molecule is C=CCN(C=O)CC.C=CN(C=O)CC(O)COC(=O)C(=C)C.C=COC(=O)CN(C=C)C=O.C=COCCN(C=C)C=O.C=Cc1ccc(CN(C=C)C=O)cc1. The molecule has 1 aromatic rings. The number of esters is 2. The molecular formula is C42H59N5O11. The van der Waals surface area contributed by atoms with Gasteiger partial charge in [-0.3, -0.25) is 24.0 Å². The largest absolute Gasteiger partial charge is 0.500 e. The quantitative estimate of drug-likeness (QED) is 0.0336. The highest BCUT2D eigenvalue weighted by Crippen LogP contribution is 2.07. The van der Waals surface area contributed by atoms with Crippen molar-refractivity contribution in [2.45, 2.75) is 26.5 Å². The molecule has 16 heteroatoms. The van der Waals surface area contributed by atoms with Crippen molar-refractivity contribution in [3.63, 3.8) is 0 Å². The Morgan fingerprint density at radius 1 is 0.759 bits per heavy atom. The van der Waals surface area contributed by atoms with Gasteiger partial charge in [-0.1, -0.05) is 89.0 Å². The normalized spacial score (nSPS) is 9.16. The Morgan fingerprint density at radius 3 is 1.66 bits per heavy atom. The minimum atomic E-state index is -0.934. The summed E-state index contributed by atoms with van der Waals surface area (Å²) in [7, 11) is 0. The van der Waals surface area contributed by atoms with Crippen molar-refractivity contribution in [1.29, 1.82) is 0 Å². The molecule has 16 nitrogen and oxygen atoms in total. The molecule has 0 radical (unpaired) electrons. The Bertz CT molecular complexity index is 1420. The molecule has 1 atom stereocenters. The van der Waals surface area contributed by atoms with Gasteiger partial charge in [-0.25, -0.2) is 9.59 Å². The second-order valence-electron chi connectivity index (χ2n) is 10.6. The molecule has 58 heavy (non-hydrogen) atoms. The van der Waals surface area contributed by atoms with Crippen LogP contribution < -0.4 is 0 Å². The average Bonchev–Trinajstić information content (AvgIpc) is 3.24. The minimum absolute atomic E-state index is 0.0382. The molecule has 5 amide bonds. The van der Waals surface area contributed by atoms with Crippen molar-refractivity contribution in [3.05, 3.63) is 144 Å². The maximum Gasteiger partial charge on any atom is 0.333 e. The lowest BCUT2D eigenvalue weighted by atomic mass is 10.1. The maximum absolute atomic E-state index is 10.9. The number of likely N-dealkylation sites (N-methyl/N-ethyl adjacent to an activating group) is 1. The Labute approximate surface area is 342 Å². The second kappa shape index (κ2) is 41.1. The fourth-order valence-corrected chi connectivity index (χ4v) is 3.13. The van der Waals surface area contributed by atoms with E-state index in [0.717, 1.165) is 46.6 Å². The Balaban J connectivity index is -0.000000320. The average molecular weight is 810 g/mol. The van der Waals surface area contributed by atoms with Crippen molar-refractivity contribution >= 4 is 50.1 Å². The zero-order valence-corrected chi connectivity index (χ0v) is 33.7. The van der Waals surface area contributed by atoms with Crippen LogP contribution >= 0.6 is 0 Å². The highest BCUT2D eigenvalue weighted by atomic mass is 16.5. The molecule has 0 saturated carbocycles. The van der Waals surface area contributed by atoms with Crippen molar-refractivity contribution < 1.29 is 52.9 Å². The van der Waals surface area contributed by atoms with E-state index < -0.39 is 18.0 Å². The van der Waals surface area contributed by atoms with Gasteiger partial charge in [0.2, 0.25) is 32.1 Å². The summed E-state index contributed by atoms with van der Waals surface area (Å²) in [6.45, 7) is 36.8. The van der Waals surface area contributed by atoms with Crippen LogP contribution in [0.5, 0.6) is 0 Å². The summed E-state index contributed by atoms with van der Waals surface area (Å²) in [6, 6.07) is 7.87. The first-order valence-electron chi connectivity index (χ1n) is 17.1. The number of ether oxygens (including phenoxy) is 3. The van der Waals surface area contributed by atoms with E-state index in [-0.39, 0.29) is 25.3 Å². The Hall–Kier alpha value is -7.07. The number of carbonyl (C=O) groups is 7. The molecule has 0 aromatic heterocycles. The lowest BCUT2D eigenvalue weighted by Crippen LogP contribution is -2.31. The van der Waals surface area contributed by atoms with Gasteiger partial charge >= 0.3 is 11.9 Å². The topological polar surface area (TPSA) is 184 Å². The Morgan fingerprint density at radius 2 is 1.29 bits per heavy atom. The number of aliphatic hydroxyl groups excluding tert-OH is 1. The summed E-state index contributed by atoms with van der Waals surface area (Å²) in [5, 5.41) is 9.36. The molecular weight excluding hydrogens is 750 g/mol. The van der Waals surface area contributed by atoms with Crippen LogP contribution in [0.1, 0.15) is 25.0 Å². The molecule has 318 valence electrons. The van der Waals surface area contributed by atoms with Crippen LogP contribution in [0, 0.1) is 0 Å². The summed E-state index contributed by atoms with van der Waals surface area (Å²) in [5.74, 6) is -1.11. The van der Waals surface area contributed by atoms with Gasteiger partial charge in [-0.05, 0) is 49.8 Å². The van der Waals surface area contributed by atoms with Crippen molar-refractivity contribution in [2.24, 2.45) is 0 Å². The molecule has 1 unspecified atom stereocenters. The van der Waals surface area contributed by atoms with Gasteiger partial charge in [-0.15, -0.1) is 6.58 Å². The van der Waals surface area contributed by atoms with E-state index in [1.165, 1.54) is 47.8 Å². The van der Waals surface area contributed by atoms with E-state index in [1.54, 1.807) is 17.1 Å². The molecule has 0 fully saturated rings. The van der Waals surface area contributed by atoms with Crippen molar-refractivity contribution in [3.8, 4) is 0 Å². The lowest BCUT2D eigenvalue weighted by molar-refractivity contribution is -0.142. The van der Waals surface area contributed by atoms with Gasteiger partial charge in [0.05, 0.1) is 25.6 Å². The van der Waals surface area contributed by atoms with Gasteiger partial charge in [0.25, 0.3) is 0 Å². The Kier molecular flexibility index (Phi) is 40.9. The molecule has 0 spiro atoms. The van der Waals surface area contributed by atoms with Gasteiger partial charge in [0.15, 0.2) is 0 Å². The fourth-order valence-electron chi connectivity index (χ4n) is 3.13. The highest BCUT2D eigenvalue weighted by Gasteiger charge is 2.11. The summed E-state index contributed by atoms with van der Waals surface area (Å²) < 4.78 is 13.8. The fraction of sp³-hybridized carbons (Fsp3) is 0.262. The number of carbonyl (C=O) groups excluding carboxylic acids is 7. The van der Waals surface area contributed by atoms with E-state index >= 15 is 0 Å². The standard InChI is InChI=1S/C12H13NO.C10H15NO4.C7H9NO3.C7H11NO2.C6H11NO/c1-3-11-5-7-12(8-6-11)9-13(4-2)10-14;1-4-11(7-12)5-9(13)6-15-10(14)8(2)3;1-3-8(6-9)5-7(10)11-4-2;1-3-8(7-9)5-6-10-4-2;1-3-5-7(4-2)6-8/h3-8,10H,1-2,9H2;4,7,9,13H,1-2,5-6H2,3H3;3-4,6H,1-2,5H2;3-4,7H,1-2,5-6H2;3,6H,1,4-5H2,2H3. The van der Waals surface area contributed by atoms with E-state index in [4.69, 9.17) is 4.74 Å². The van der Waals surface area contributed by atoms with E-state index in [2.05, 4.69) is 68.7 Å². The van der Waals surface area contributed by atoms with Crippen LogP contribution in [0.15, 0.2) is 132 Å². The monoisotopic (exact) mass is 809 g/mol. The third kappa shape index (κ3) is 34.7. The molecule has 0 aliphatic heterocycles. The molecule has 1 N–H and O–H groups in total. The molecule has 1 rings (SSSR count). The number of aliphatic hydroxyl groups is 1. The summed E-state index contributed by atoms with van der Waals surface area (Å²) >= 11 is 0. The third-order valence-corrected chi connectivity index (χ3v) is 6.27. The molecule has 1 aromatic carbocycles. The van der Waals surface area contributed by atoms with Crippen LogP contribution in [-0.2, 0) is 54.3 Å². The molecule has 0 heterocycles. The lowest BCUT2D eigenvalue weighted by Gasteiger charge is -2.16. The number of nitrogens with zero attached hydrogens (tertiary/aromatic N) is 5. The number of hydrogen-bond donors (Lipinski definition) is 1. The van der Waals surface area contributed by atoms with Crippen LogP contribution in [0.4, 0.5) is 0 Å². The first-order valence-corrected chi connectivity index (χ1v) is 17.1. The smallest absolute Gasteiger partial charge is 0.333 e. The second-order valence-corrected chi connectivity index (χ2v) is 10.6.